The molecule has 4 aromatic carbocycles. The van der Waals surface area contributed by atoms with Crippen molar-refractivity contribution in [3.63, 3.8) is 0 Å². The van der Waals surface area contributed by atoms with E-state index < -0.39 is 17.4 Å². The van der Waals surface area contributed by atoms with Gasteiger partial charge in [-0.25, -0.2) is 8.42 Å². The van der Waals surface area contributed by atoms with E-state index in [0.29, 0.717) is 10.9 Å². The largest absolute Gasteiger partial charge is 0.359 e. The lowest BCUT2D eigenvalue weighted by Gasteiger charge is -2.20. The molecular formula is C26H23O5PS. The summed E-state index contributed by atoms with van der Waals surface area (Å²) in [5.74, 6) is 0. The molecular weight excluding hydrogens is 455 g/mol. The van der Waals surface area contributed by atoms with Crippen molar-refractivity contribution in [2.45, 2.75) is 11.8 Å². The summed E-state index contributed by atoms with van der Waals surface area (Å²) in [6.45, 7) is 1.62. The lowest BCUT2D eigenvalue weighted by atomic mass is 10.0. The Kier molecular flexibility index (Phi) is 6.63. The predicted molar refractivity (Wildman–Crippen MR) is 133 cm³/mol. The molecule has 0 amide bonds. The molecule has 7 heteroatoms. The summed E-state index contributed by atoms with van der Waals surface area (Å²) < 4.78 is 46.3. The Hall–Kier alpha value is -3.02. The summed E-state index contributed by atoms with van der Waals surface area (Å²) in [6, 6.07) is 27.4. The maximum atomic E-state index is 13.9. The molecule has 0 radical (unpaired) electrons. The zero-order valence-corrected chi connectivity index (χ0v) is 19.7. The molecule has 1 unspecified atom stereocenters. The lowest BCUT2D eigenvalue weighted by molar-refractivity contribution is 0.284. The topological polar surface area (TPSA) is 80.7 Å². The highest BCUT2D eigenvalue weighted by molar-refractivity contribution is 8.01. The fraction of sp³-hybridized carbons (Fsp3) is 0.0769. The highest BCUT2D eigenvalue weighted by Crippen LogP contribution is 2.46. The van der Waals surface area contributed by atoms with Crippen LogP contribution in [0.1, 0.15) is 18.1 Å². The zero-order chi connectivity index (χ0) is 23.5. The number of rotatable bonds is 7. The van der Waals surface area contributed by atoms with Crippen molar-refractivity contribution in [3.8, 4) is 0 Å². The molecule has 0 heterocycles. The maximum Gasteiger partial charge on any atom is 0.359 e. The Morgan fingerprint density at radius 1 is 0.879 bits per heavy atom. The number of fused-ring (bicyclic) bond motifs is 1. The highest BCUT2D eigenvalue weighted by atomic mass is 32.2. The first-order valence-corrected chi connectivity index (χ1v) is 13.5. The molecule has 0 aliphatic carbocycles. The van der Waals surface area contributed by atoms with Crippen molar-refractivity contribution >= 4 is 44.5 Å². The molecule has 4 aromatic rings. The van der Waals surface area contributed by atoms with Crippen LogP contribution in [-0.2, 0) is 18.9 Å². The van der Waals surface area contributed by atoms with Gasteiger partial charge in [-0.15, -0.1) is 0 Å². The Morgan fingerprint density at radius 3 is 2.15 bits per heavy atom. The van der Waals surface area contributed by atoms with Crippen molar-refractivity contribution in [1.29, 1.82) is 0 Å². The van der Waals surface area contributed by atoms with Crippen LogP contribution in [0.4, 0.5) is 0 Å². The number of sulfone groups is 1. The second-order valence-corrected chi connectivity index (χ2v) is 11.1. The molecule has 33 heavy (non-hydrogen) atoms. The maximum absolute atomic E-state index is 13.9. The number of hydrogen-bond donors (Lipinski definition) is 1. The molecule has 0 saturated carbocycles. The Morgan fingerprint density at radius 2 is 1.48 bits per heavy atom. The summed E-state index contributed by atoms with van der Waals surface area (Å²) in [4.78, 5) is 10.8. The van der Waals surface area contributed by atoms with Crippen LogP contribution in [0.2, 0.25) is 0 Å². The van der Waals surface area contributed by atoms with Gasteiger partial charge in [-0.2, -0.15) is 0 Å². The molecule has 0 aromatic heterocycles. The van der Waals surface area contributed by atoms with E-state index in [1.54, 1.807) is 73.7 Å². The molecule has 5 nitrogen and oxygen atoms in total. The standard InChI is InChI=1S/C26H23O5PS/c1-2-31-32(27,28)24-18-17-21-13-9-10-16-23(21)26(24)25(19-20-11-5-3-6-12-20)33(29,30)22-14-7-4-8-15-22/h3-19H,2H2,1H3,(H,27,28)/b25-19+. The van der Waals surface area contributed by atoms with Gasteiger partial charge in [-0.05, 0) is 47.5 Å². The molecule has 0 fully saturated rings. The third-order valence-electron chi connectivity index (χ3n) is 5.20. The molecule has 0 spiro atoms. The van der Waals surface area contributed by atoms with Crippen molar-refractivity contribution in [2.24, 2.45) is 0 Å². The summed E-state index contributed by atoms with van der Waals surface area (Å²) in [6.07, 6.45) is 1.54. The first kappa shape index (κ1) is 23.1. The van der Waals surface area contributed by atoms with Crippen LogP contribution < -0.4 is 5.30 Å². The fourth-order valence-electron chi connectivity index (χ4n) is 3.71. The van der Waals surface area contributed by atoms with Gasteiger partial charge in [0.2, 0.25) is 9.84 Å². The van der Waals surface area contributed by atoms with Crippen LogP contribution in [-0.4, -0.2) is 19.9 Å². The Balaban J connectivity index is 2.14. The highest BCUT2D eigenvalue weighted by Gasteiger charge is 2.33. The summed E-state index contributed by atoms with van der Waals surface area (Å²) in [5, 5.41) is 1.24. The first-order valence-electron chi connectivity index (χ1n) is 10.4. The molecule has 0 bridgehead atoms. The van der Waals surface area contributed by atoms with E-state index in [4.69, 9.17) is 4.52 Å². The van der Waals surface area contributed by atoms with Crippen molar-refractivity contribution < 1.29 is 22.4 Å². The molecule has 0 aliphatic heterocycles. The van der Waals surface area contributed by atoms with Crippen LogP contribution >= 0.6 is 7.60 Å². The summed E-state index contributed by atoms with van der Waals surface area (Å²) >= 11 is 0. The molecule has 1 N–H and O–H groups in total. The van der Waals surface area contributed by atoms with Gasteiger partial charge in [0.05, 0.1) is 21.7 Å². The van der Waals surface area contributed by atoms with Crippen molar-refractivity contribution in [1.82, 2.24) is 0 Å². The van der Waals surface area contributed by atoms with Gasteiger partial charge in [0.25, 0.3) is 0 Å². The number of hydrogen-bond acceptors (Lipinski definition) is 4. The summed E-state index contributed by atoms with van der Waals surface area (Å²) in [5.41, 5.74) is 0.815. The third kappa shape index (κ3) is 4.70. The summed E-state index contributed by atoms with van der Waals surface area (Å²) in [7, 11) is -8.38. The van der Waals surface area contributed by atoms with Crippen LogP contribution in [0.5, 0.6) is 0 Å². The smallest absolute Gasteiger partial charge is 0.321 e. The van der Waals surface area contributed by atoms with E-state index >= 15 is 0 Å². The average Bonchev–Trinajstić information content (AvgIpc) is 2.83. The first-order chi connectivity index (χ1) is 15.8. The Bertz CT molecular complexity index is 1460. The minimum atomic E-state index is -4.31. The van der Waals surface area contributed by atoms with E-state index in [-0.39, 0.29) is 27.3 Å². The molecule has 0 aliphatic rings. The third-order valence-corrected chi connectivity index (χ3v) is 8.59. The Labute approximate surface area is 193 Å². The van der Waals surface area contributed by atoms with Gasteiger partial charge < -0.3 is 9.42 Å². The number of benzene rings is 4. The minimum absolute atomic E-state index is 0.00319. The SMILES string of the molecule is CCOP(=O)(O)c1ccc2ccccc2c1/C(=C\c1ccccc1)S(=O)(=O)c1ccccc1. The lowest BCUT2D eigenvalue weighted by Crippen LogP contribution is -2.17. The molecule has 1 atom stereocenters. The van der Waals surface area contributed by atoms with Crippen molar-refractivity contribution in [2.75, 3.05) is 6.61 Å². The average molecular weight is 479 g/mol. The van der Waals surface area contributed by atoms with Crippen molar-refractivity contribution in [3.05, 3.63) is 108 Å². The van der Waals surface area contributed by atoms with E-state index in [1.807, 2.05) is 18.2 Å². The van der Waals surface area contributed by atoms with E-state index in [1.165, 1.54) is 18.2 Å². The van der Waals surface area contributed by atoms with Gasteiger partial charge >= 0.3 is 7.60 Å². The van der Waals surface area contributed by atoms with Crippen LogP contribution in [0.15, 0.2) is 102 Å². The second kappa shape index (κ2) is 9.46. The van der Waals surface area contributed by atoms with Gasteiger partial charge in [0.15, 0.2) is 0 Å². The fourth-order valence-corrected chi connectivity index (χ4v) is 6.61. The second-order valence-electron chi connectivity index (χ2n) is 7.35. The zero-order valence-electron chi connectivity index (χ0n) is 18.0. The normalized spacial score (nSPS) is 14.2. The quantitative estimate of drug-likeness (QED) is 0.274. The molecule has 4 rings (SSSR count). The monoisotopic (exact) mass is 478 g/mol. The van der Waals surface area contributed by atoms with E-state index in [0.717, 1.165) is 5.39 Å². The van der Waals surface area contributed by atoms with Crippen LogP contribution in [0.25, 0.3) is 21.8 Å². The predicted octanol–water partition coefficient (Wildman–Crippen LogP) is 5.66. The van der Waals surface area contributed by atoms with E-state index in [2.05, 4.69) is 0 Å². The van der Waals surface area contributed by atoms with Gasteiger partial charge in [-0.1, -0.05) is 78.9 Å². The van der Waals surface area contributed by atoms with E-state index in [9.17, 15) is 17.9 Å². The van der Waals surface area contributed by atoms with Gasteiger partial charge in [-0.3, -0.25) is 4.57 Å². The van der Waals surface area contributed by atoms with Gasteiger partial charge in [0.1, 0.15) is 0 Å². The van der Waals surface area contributed by atoms with Crippen LogP contribution in [0, 0.1) is 0 Å². The van der Waals surface area contributed by atoms with Crippen LogP contribution in [0.3, 0.4) is 0 Å². The molecule has 0 saturated heterocycles. The van der Waals surface area contributed by atoms with Gasteiger partial charge in [0, 0.05) is 5.56 Å². The molecule has 168 valence electrons. The minimum Gasteiger partial charge on any atom is -0.321 e.